The molecule has 1 aromatic carbocycles. The summed E-state index contributed by atoms with van der Waals surface area (Å²) in [5, 5.41) is 0. The Bertz CT molecular complexity index is 611. The van der Waals surface area contributed by atoms with Crippen molar-refractivity contribution < 1.29 is 8.78 Å². The summed E-state index contributed by atoms with van der Waals surface area (Å²) in [5.41, 5.74) is 2.99. The summed E-state index contributed by atoms with van der Waals surface area (Å²) in [5.74, 6) is -1.12. The minimum atomic E-state index is -0.735. The first-order chi connectivity index (χ1) is 12.6. The van der Waals surface area contributed by atoms with Crippen molar-refractivity contribution in [3.8, 4) is 0 Å². The number of hydrogen-bond acceptors (Lipinski definition) is 0. The molecule has 2 aliphatic carbocycles. The number of halogens is 2. The second kappa shape index (κ2) is 9.15. The van der Waals surface area contributed by atoms with Crippen LogP contribution in [-0.2, 0) is 0 Å². The highest BCUT2D eigenvalue weighted by molar-refractivity contribution is 5.24. The SMILES string of the molecule is CCC1(CCC(CC2=CCCCC2)c2ccc(F)c(F)c2)CCCCC1. The molecule has 26 heavy (non-hydrogen) atoms. The van der Waals surface area contributed by atoms with Crippen LogP contribution in [0.15, 0.2) is 29.8 Å². The minimum absolute atomic E-state index is 0.319. The van der Waals surface area contributed by atoms with Crippen molar-refractivity contribution in [3.63, 3.8) is 0 Å². The lowest BCUT2D eigenvalue weighted by Gasteiger charge is -2.38. The van der Waals surface area contributed by atoms with Gasteiger partial charge in [-0.25, -0.2) is 8.78 Å². The van der Waals surface area contributed by atoms with Gasteiger partial charge in [0.1, 0.15) is 0 Å². The monoisotopic (exact) mass is 360 g/mol. The standard InChI is InChI=1S/C24H34F2/c1-2-24(14-7-4-8-15-24)16-13-21(17-19-9-5-3-6-10-19)20-11-12-22(25)23(26)18-20/h9,11-12,18,21H,2-8,10,13-17H2,1H3. The van der Waals surface area contributed by atoms with Gasteiger partial charge in [-0.05, 0) is 86.8 Å². The lowest BCUT2D eigenvalue weighted by atomic mass is 9.68. The zero-order valence-electron chi connectivity index (χ0n) is 16.3. The summed E-state index contributed by atoms with van der Waals surface area (Å²) < 4.78 is 27.3. The van der Waals surface area contributed by atoms with E-state index in [0.717, 1.165) is 18.4 Å². The van der Waals surface area contributed by atoms with Gasteiger partial charge in [-0.3, -0.25) is 0 Å². The van der Waals surface area contributed by atoms with Gasteiger partial charge in [-0.2, -0.15) is 0 Å². The van der Waals surface area contributed by atoms with Crippen molar-refractivity contribution in [2.45, 2.75) is 96.3 Å². The zero-order chi connectivity index (χ0) is 18.4. The van der Waals surface area contributed by atoms with Crippen LogP contribution in [0.4, 0.5) is 8.78 Å². The molecule has 1 unspecified atom stereocenters. The molecule has 0 aliphatic heterocycles. The number of allylic oxidation sites excluding steroid dienone is 2. The van der Waals surface area contributed by atoms with Crippen LogP contribution in [0, 0.1) is 17.0 Å². The Morgan fingerprint density at radius 1 is 1.00 bits per heavy atom. The Balaban J connectivity index is 1.75. The first-order valence-electron chi connectivity index (χ1n) is 10.7. The summed E-state index contributed by atoms with van der Waals surface area (Å²) in [6.07, 6.45) is 18.7. The maximum absolute atomic E-state index is 13.9. The van der Waals surface area contributed by atoms with E-state index in [1.54, 1.807) is 0 Å². The molecule has 0 aromatic heterocycles. The highest BCUT2D eigenvalue weighted by Crippen LogP contribution is 2.45. The molecule has 3 rings (SSSR count). The van der Waals surface area contributed by atoms with E-state index in [9.17, 15) is 8.78 Å². The molecule has 0 amide bonds. The molecule has 0 N–H and O–H groups in total. The molecule has 0 bridgehead atoms. The van der Waals surface area contributed by atoms with E-state index in [4.69, 9.17) is 0 Å². The van der Waals surface area contributed by atoms with Gasteiger partial charge in [0.05, 0.1) is 0 Å². The average Bonchev–Trinajstić information content (AvgIpc) is 2.69. The molecule has 0 saturated heterocycles. The van der Waals surface area contributed by atoms with Gasteiger partial charge in [0.15, 0.2) is 11.6 Å². The fourth-order valence-corrected chi connectivity index (χ4v) is 5.12. The predicted octanol–water partition coefficient (Wildman–Crippen LogP) is 8.08. The van der Waals surface area contributed by atoms with Gasteiger partial charge in [0, 0.05) is 0 Å². The normalized spacial score (nSPS) is 21.3. The molecule has 2 aliphatic rings. The molecule has 2 heteroatoms. The smallest absolute Gasteiger partial charge is 0.159 e. The number of hydrogen-bond donors (Lipinski definition) is 0. The van der Waals surface area contributed by atoms with Gasteiger partial charge in [-0.1, -0.05) is 50.3 Å². The van der Waals surface area contributed by atoms with Crippen LogP contribution >= 0.6 is 0 Å². The summed E-state index contributed by atoms with van der Waals surface area (Å²) in [4.78, 5) is 0. The molecule has 1 saturated carbocycles. The van der Waals surface area contributed by atoms with Crippen LogP contribution in [0.1, 0.15) is 102 Å². The molecule has 0 spiro atoms. The van der Waals surface area contributed by atoms with Gasteiger partial charge in [0.2, 0.25) is 0 Å². The van der Waals surface area contributed by atoms with E-state index >= 15 is 0 Å². The predicted molar refractivity (Wildman–Crippen MR) is 105 cm³/mol. The third-order valence-electron chi connectivity index (χ3n) is 7.00. The van der Waals surface area contributed by atoms with Crippen molar-refractivity contribution in [3.05, 3.63) is 47.0 Å². The van der Waals surface area contributed by atoms with Gasteiger partial charge in [0.25, 0.3) is 0 Å². The summed E-state index contributed by atoms with van der Waals surface area (Å²) >= 11 is 0. The second-order valence-corrected chi connectivity index (χ2v) is 8.64. The van der Waals surface area contributed by atoms with Gasteiger partial charge < -0.3 is 0 Å². The number of benzene rings is 1. The molecular weight excluding hydrogens is 326 g/mol. The van der Waals surface area contributed by atoms with Crippen molar-refractivity contribution in [1.29, 1.82) is 0 Å². The van der Waals surface area contributed by atoms with Crippen molar-refractivity contribution in [2.75, 3.05) is 0 Å². The van der Waals surface area contributed by atoms with E-state index in [1.807, 2.05) is 6.07 Å². The Labute approximate surface area is 158 Å². The third kappa shape index (κ3) is 4.96. The van der Waals surface area contributed by atoms with Crippen LogP contribution in [0.5, 0.6) is 0 Å². The fourth-order valence-electron chi connectivity index (χ4n) is 5.12. The lowest BCUT2D eigenvalue weighted by Crippen LogP contribution is -2.24. The lowest BCUT2D eigenvalue weighted by molar-refractivity contribution is 0.156. The highest BCUT2D eigenvalue weighted by atomic mass is 19.2. The van der Waals surface area contributed by atoms with Crippen LogP contribution < -0.4 is 0 Å². The molecule has 144 valence electrons. The van der Waals surface area contributed by atoms with Gasteiger partial charge >= 0.3 is 0 Å². The maximum Gasteiger partial charge on any atom is 0.159 e. The molecular formula is C24H34F2. The minimum Gasteiger partial charge on any atom is -0.204 e. The van der Waals surface area contributed by atoms with Crippen molar-refractivity contribution in [2.24, 2.45) is 5.41 Å². The van der Waals surface area contributed by atoms with Crippen LogP contribution in [-0.4, -0.2) is 0 Å². The van der Waals surface area contributed by atoms with Crippen LogP contribution in [0.25, 0.3) is 0 Å². The van der Waals surface area contributed by atoms with Gasteiger partial charge in [-0.15, -0.1) is 0 Å². The highest BCUT2D eigenvalue weighted by Gasteiger charge is 2.31. The van der Waals surface area contributed by atoms with E-state index in [1.165, 1.54) is 88.3 Å². The van der Waals surface area contributed by atoms with E-state index in [-0.39, 0.29) is 0 Å². The Morgan fingerprint density at radius 3 is 2.46 bits per heavy atom. The molecule has 0 nitrogen and oxygen atoms in total. The van der Waals surface area contributed by atoms with Crippen molar-refractivity contribution >= 4 is 0 Å². The maximum atomic E-state index is 13.9. The van der Waals surface area contributed by atoms with Crippen LogP contribution in [0.3, 0.4) is 0 Å². The van der Waals surface area contributed by atoms with Crippen LogP contribution in [0.2, 0.25) is 0 Å². The van der Waals surface area contributed by atoms with E-state index in [2.05, 4.69) is 13.0 Å². The Hall–Kier alpha value is -1.18. The summed E-state index contributed by atoms with van der Waals surface area (Å²) in [7, 11) is 0. The second-order valence-electron chi connectivity index (χ2n) is 8.64. The Morgan fingerprint density at radius 2 is 1.81 bits per heavy atom. The third-order valence-corrected chi connectivity index (χ3v) is 7.00. The molecule has 0 heterocycles. The molecule has 0 radical (unpaired) electrons. The first-order valence-corrected chi connectivity index (χ1v) is 10.7. The Kier molecular flexibility index (Phi) is 6.89. The average molecular weight is 361 g/mol. The summed E-state index contributed by atoms with van der Waals surface area (Å²) in [6, 6.07) is 4.57. The first kappa shape index (κ1) is 19.6. The fraction of sp³-hybridized carbons (Fsp3) is 0.667. The molecule has 1 aromatic rings. The van der Waals surface area contributed by atoms with Crippen molar-refractivity contribution in [1.82, 2.24) is 0 Å². The van der Waals surface area contributed by atoms with E-state index in [0.29, 0.717) is 11.3 Å². The number of rotatable bonds is 7. The molecule has 1 fully saturated rings. The largest absolute Gasteiger partial charge is 0.204 e. The van der Waals surface area contributed by atoms with E-state index < -0.39 is 11.6 Å². The quantitative estimate of drug-likeness (QED) is 0.431. The summed E-state index contributed by atoms with van der Waals surface area (Å²) in [6.45, 7) is 2.33. The zero-order valence-corrected chi connectivity index (χ0v) is 16.3. The molecule has 1 atom stereocenters. The topological polar surface area (TPSA) is 0 Å².